The van der Waals surface area contributed by atoms with E-state index in [2.05, 4.69) is 27.3 Å². The fourth-order valence-electron chi connectivity index (χ4n) is 2.82. The average molecular weight is 368 g/mol. The molecule has 2 rings (SSSR count). The molecular weight excluding hydrogens is 349 g/mol. The minimum absolute atomic E-state index is 0.0293. The minimum Gasteiger partial charge on any atom is -0.374 e. The van der Waals surface area contributed by atoms with Crippen LogP contribution in [0.1, 0.15) is 32.1 Å². The molecule has 1 fully saturated rings. The highest BCUT2D eigenvalue weighted by atomic mass is 79.9. The first-order valence-corrected chi connectivity index (χ1v) is 8.15. The molecule has 0 aliphatic heterocycles. The number of rotatable bonds is 4. The molecule has 0 atom stereocenters. The highest BCUT2D eigenvalue weighted by Crippen LogP contribution is 2.32. The number of hydrogen-bond acceptors (Lipinski definition) is 3. The number of benzene rings is 1. The van der Waals surface area contributed by atoms with Gasteiger partial charge in [-0.2, -0.15) is 5.26 Å². The van der Waals surface area contributed by atoms with E-state index < -0.39 is 11.4 Å². The Kier molecular flexibility index (Phi) is 5.41. The Hall–Kier alpha value is -1.61. The van der Waals surface area contributed by atoms with Gasteiger partial charge in [0.1, 0.15) is 11.4 Å². The van der Waals surface area contributed by atoms with E-state index in [0.29, 0.717) is 17.3 Å². The van der Waals surface area contributed by atoms with E-state index in [0.717, 1.165) is 19.3 Å². The fourth-order valence-corrected chi connectivity index (χ4v) is 3.15. The normalized spacial score (nSPS) is 16.6. The topological polar surface area (TPSA) is 56.1 Å². The SMILES string of the molecule is CN(C(=O)CNc1ccc(Br)cc1F)C1(C#N)CCCCC1. The van der Waals surface area contributed by atoms with Crippen LogP contribution in [-0.2, 0) is 4.79 Å². The van der Waals surface area contributed by atoms with Gasteiger partial charge in [-0.05, 0) is 31.0 Å². The fraction of sp³-hybridized carbons (Fsp3) is 0.500. The van der Waals surface area contributed by atoms with E-state index in [1.165, 1.54) is 11.0 Å². The van der Waals surface area contributed by atoms with Crippen molar-refractivity contribution in [3.63, 3.8) is 0 Å². The standard InChI is InChI=1S/C16H19BrFN3O/c1-21(16(11-19)7-3-2-4-8-16)15(22)10-20-14-6-5-12(17)9-13(14)18/h5-6,9,20H,2-4,7-8,10H2,1H3. The molecule has 1 aromatic rings. The molecule has 1 N–H and O–H groups in total. The summed E-state index contributed by atoms with van der Waals surface area (Å²) in [6, 6.07) is 6.94. The Labute approximate surface area is 138 Å². The predicted molar refractivity (Wildman–Crippen MR) is 86.8 cm³/mol. The van der Waals surface area contributed by atoms with E-state index in [4.69, 9.17) is 0 Å². The molecule has 0 aromatic heterocycles. The lowest BCUT2D eigenvalue weighted by Gasteiger charge is -2.39. The van der Waals surface area contributed by atoms with Crippen molar-refractivity contribution >= 4 is 27.5 Å². The van der Waals surface area contributed by atoms with E-state index in [-0.39, 0.29) is 18.1 Å². The quantitative estimate of drug-likeness (QED) is 0.882. The summed E-state index contributed by atoms with van der Waals surface area (Å²) in [6.45, 7) is -0.0293. The van der Waals surface area contributed by atoms with Gasteiger partial charge < -0.3 is 10.2 Å². The zero-order valence-corrected chi connectivity index (χ0v) is 14.1. The van der Waals surface area contributed by atoms with Gasteiger partial charge in [-0.3, -0.25) is 4.79 Å². The number of carbonyl (C=O) groups is 1. The molecule has 1 aliphatic rings. The van der Waals surface area contributed by atoms with Crippen molar-refractivity contribution in [2.45, 2.75) is 37.6 Å². The second-order valence-corrected chi connectivity index (χ2v) is 6.55. The van der Waals surface area contributed by atoms with Crippen LogP contribution in [-0.4, -0.2) is 29.9 Å². The molecule has 0 bridgehead atoms. The van der Waals surface area contributed by atoms with Crippen molar-refractivity contribution in [1.82, 2.24) is 4.90 Å². The summed E-state index contributed by atoms with van der Waals surface area (Å²) >= 11 is 3.19. The van der Waals surface area contributed by atoms with Crippen LogP contribution in [0.3, 0.4) is 0 Å². The number of halogens is 2. The summed E-state index contributed by atoms with van der Waals surface area (Å²) in [5, 5.41) is 12.3. The zero-order valence-electron chi connectivity index (χ0n) is 12.5. The summed E-state index contributed by atoms with van der Waals surface area (Å²) in [5.74, 6) is -0.622. The van der Waals surface area contributed by atoms with Gasteiger partial charge in [-0.15, -0.1) is 0 Å². The summed E-state index contributed by atoms with van der Waals surface area (Å²) < 4.78 is 14.4. The van der Waals surface area contributed by atoms with Gasteiger partial charge in [0.05, 0.1) is 18.3 Å². The Morgan fingerprint density at radius 1 is 1.45 bits per heavy atom. The smallest absolute Gasteiger partial charge is 0.242 e. The molecule has 0 unspecified atom stereocenters. The van der Waals surface area contributed by atoms with Crippen LogP contribution in [0.5, 0.6) is 0 Å². The molecule has 0 radical (unpaired) electrons. The predicted octanol–water partition coefficient (Wildman–Crippen LogP) is 3.68. The Balaban J connectivity index is 2.00. The first-order chi connectivity index (χ1) is 10.5. The molecule has 0 heterocycles. The van der Waals surface area contributed by atoms with Crippen molar-refractivity contribution in [3.8, 4) is 6.07 Å². The summed E-state index contributed by atoms with van der Waals surface area (Å²) in [6.07, 6.45) is 4.44. The van der Waals surface area contributed by atoms with Crippen LogP contribution < -0.4 is 5.32 Å². The molecule has 1 saturated carbocycles. The van der Waals surface area contributed by atoms with Gasteiger partial charge in [0.15, 0.2) is 0 Å². The Morgan fingerprint density at radius 2 is 2.14 bits per heavy atom. The molecule has 4 nitrogen and oxygen atoms in total. The van der Waals surface area contributed by atoms with Crippen LogP contribution in [0.2, 0.25) is 0 Å². The number of likely N-dealkylation sites (N-methyl/N-ethyl adjacent to an activating group) is 1. The second kappa shape index (κ2) is 7.10. The third kappa shape index (κ3) is 3.58. The molecule has 0 saturated heterocycles. The lowest BCUT2D eigenvalue weighted by atomic mass is 9.81. The Bertz CT molecular complexity index is 594. The van der Waals surface area contributed by atoms with Gasteiger partial charge in [0.2, 0.25) is 5.91 Å². The number of nitrogens with one attached hydrogen (secondary N) is 1. The van der Waals surface area contributed by atoms with Gasteiger partial charge in [-0.1, -0.05) is 35.2 Å². The average Bonchev–Trinajstić information content (AvgIpc) is 2.53. The summed E-state index contributed by atoms with van der Waals surface area (Å²) in [5.41, 5.74) is -0.436. The van der Waals surface area contributed by atoms with Crippen molar-refractivity contribution in [2.24, 2.45) is 0 Å². The number of carbonyl (C=O) groups excluding carboxylic acids is 1. The molecule has 1 aliphatic carbocycles. The summed E-state index contributed by atoms with van der Waals surface area (Å²) in [4.78, 5) is 13.9. The molecule has 1 amide bonds. The third-order valence-corrected chi connectivity index (χ3v) is 4.76. The van der Waals surface area contributed by atoms with Crippen molar-refractivity contribution in [2.75, 3.05) is 18.9 Å². The maximum Gasteiger partial charge on any atom is 0.242 e. The largest absolute Gasteiger partial charge is 0.374 e. The monoisotopic (exact) mass is 367 g/mol. The lowest BCUT2D eigenvalue weighted by Crippen LogP contribution is -2.51. The molecule has 6 heteroatoms. The van der Waals surface area contributed by atoms with Gasteiger partial charge >= 0.3 is 0 Å². The van der Waals surface area contributed by atoms with E-state index in [1.807, 2.05) is 0 Å². The molecule has 22 heavy (non-hydrogen) atoms. The van der Waals surface area contributed by atoms with Crippen LogP contribution in [0, 0.1) is 17.1 Å². The van der Waals surface area contributed by atoms with Gasteiger partial charge in [-0.25, -0.2) is 4.39 Å². The number of hydrogen-bond donors (Lipinski definition) is 1. The summed E-state index contributed by atoms with van der Waals surface area (Å²) in [7, 11) is 1.66. The van der Waals surface area contributed by atoms with Crippen molar-refractivity contribution in [1.29, 1.82) is 5.26 Å². The number of anilines is 1. The maximum absolute atomic E-state index is 13.7. The zero-order chi connectivity index (χ0) is 16.2. The van der Waals surface area contributed by atoms with E-state index in [1.54, 1.807) is 19.2 Å². The number of nitrogens with zero attached hydrogens (tertiary/aromatic N) is 2. The van der Waals surface area contributed by atoms with Crippen molar-refractivity contribution < 1.29 is 9.18 Å². The van der Waals surface area contributed by atoms with E-state index >= 15 is 0 Å². The van der Waals surface area contributed by atoms with Gasteiger partial charge in [0.25, 0.3) is 0 Å². The first-order valence-electron chi connectivity index (χ1n) is 7.35. The maximum atomic E-state index is 13.7. The number of nitriles is 1. The van der Waals surface area contributed by atoms with Gasteiger partial charge in [0, 0.05) is 11.5 Å². The van der Waals surface area contributed by atoms with Crippen LogP contribution >= 0.6 is 15.9 Å². The number of amides is 1. The van der Waals surface area contributed by atoms with Crippen LogP contribution in [0.4, 0.5) is 10.1 Å². The molecule has 1 aromatic carbocycles. The van der Waals surface area contributed by atoms with E-state index in [9.17, 15) is 14.4 Å². The minimum atomic E-state index is -0.713. The second-order valence-electron chi connectivity index (χ2n) is 5.63. The van der Waals surface area contributed by atoms with Crippen LogP contribution in [0.25, 0.3) is 0 Å². The van der Waals surface area contributed by atoms with Crippen LogP contribution in [0.15, 0.2) is 22.7 Å². The molecule has 118 valence electrons. The highest BCUT2D eigenvalue weighted by Gasteiger charge is 2.38. The molecule has 0 spiro atoms. The molecular formula is C16H19BrFN3O. The highest BCUT2D eigenvalue weighted by molar-refractivity contribution is 9.10. The first kappa shape index (κ1) is 16.8. The third-order valence-electron chi connectivity index (χ3n) is 4.27. The van der Waals surface area contributed by atoms with Crippen molar-refractivity contribution in [3.05, 3.63) is 28.5 Å². The lowest BCUT2D eigenvalue weighted by molar-refractivity contribution is -0.132. The Morgan fingerprint density at radius 3 is 2.73 bits per heavy atom.